The first-order chi connectivity index (χ1) is 12.8. The molecule has 5 rings (SSSR count). The number of piperazine rings is 1. The Morgan fingerprint density at radius 2 is 1.77 bits per heavy atom. The number of hydrogen-bond donors (Lipinski definition) is 0. The number of nitrogens with zero attached hydrogens (tertiary/aromatic N) is 4. The van der Waals surface area contributed by atoms with Gasteiger partial charge in [-0.3, -0.25) is 4.79 Å². The number of carbonyl (C=O) groups excluding carboxylic acids is 1. The zero-order valence-corrected chi connectivity index (χ0v) is 14.4. The first kappa shape index (κ1) is 15.4. The summed E-state index contributed by atoms with van der Waals surface area (Å²) in [5, 5.41) is 8.73. The monoisotopic (exact) mass is 352 g/mol. The Morgan fingerprint density at radius 3 is 2.50 bits per heavy atom. The molecular formula is C19H20N4O3. The molecule has 2 aromatic rings. The molecule has 3 heterocycles. The minimum absolute atomic E-state index is 0.0260. The fraction of sp³-hybridized carbons (Fsp3) is 0.421. The second kappa shape index (κ2) is 6.16. The molecule has 0 atom stereocenters. The Bertz CT molecular complexity index is 827. The van der Waals surface area contributed by atoms with E-state index in [1.54, 1.807) is 18.2 Å². The molecule has 1 aliphatic carbocycles. The van der Waals surface area contributed by atoms with Crippen molar-refractivity contribution in [3.63, 3.8) is 0 Å². The molecule has 1 amide bonds. The van der Waals surface area contributed by atoms with E-state index in [2.05, 4.69) is 27.2 Å². The molecular weight excluding hydrogens is 332 g/mol. The number of rotatable bonds is 3. The summed E-state index contributed by atoms with van der Waals surface area (Å²) in [7, 11) is 0. The van der Waals surface area contributed by atoms with Crippen molar-refractivity contribution in [3.8, 4) is 11.5 Å². The molecule has 0 N–H and O–H groups in total. The van der Waals surface area contributed by atoms with Crippen molar-refractivity contribution >= 4 is 11.7 Å². The Morgan fingerprint density at radius 1 is 0.962 bits per heavy atom. The molecule has 1 aromatic heterocycles. The van der Waals surface area contributed by atoms with Crippen LogP contribution < -0.4 is 14.4 Å². The van der Waals surface area contributed by atoms with Crippen LogP contribution in [0, 0.1) is 0 Å². The summed E-state index contributed by atoms with van der Waals surface area (Å²) in [5.41, 5.74) is 1.74. The van der Waals surface area contributed by atoms with Crippen molar-refractivity contribution in [2.45, 2.75) is 18.8 Å². The molecule has 2 aliphatic heterocycles. The number of carbonyl (C=O) groups is 1. The van der Waals surface area contributed by atoms with Gasteiger partial charge in [0.05, 0.1) is 5.69 Å². The largest absolute Gasteiger partial charge is 0.454 e. The van der Waals surface area contributed by atoms with Gasteiger partial charge in [0.15, 0.2) is 17.3 Å². The van der Waals surface area contributed by atoms with Gasteiger partial charge in [-0.15, -0.1) is 5.10 Å². The van der Waals surface area contributed by atoms with Crippen LogP contribution in [0.4, 0.5) is 5.82 Å². The lowest BCUT2D eigenvalue weighted by Gasteiger charge is -2.35. The standard InChI is InChI=1S/C19H20N4O3/c24-19(14-3-5-16-17(11-14)26-12-25-16)23-9-7-22(8-10-23)18-6-4-15(20-21-18)13-1-2-13/h3-6,11,13H,1-2,7-10,12H2. The van der Waals surface area contributed by atoms with Crippen LogP contribution in [0.15, 0.2) is 30.3 Å². The number of fused-ring (bicyclic) bond motifs is 1. The quantitative estimate of drug-likeness (QED) is 0.842. The van der Waals surface area contributed by atoms with Crippen LogP contribution in [-0.2, 0) is 0 Å². The first-order valence-corrected chi connectivity index (χ1v) is 9.05. The van der Waals surface area contributed by atoms with Gasteiger partial charge in [0.25, 0.3) is 5.91 Å². The molecule has 7 nitrogen and oxygen atoms in total. The van der Waals surface area contributed by atoms with E-state index in [-0.39, 0.29) is 12.7 Å². The molecule has 134 valence electrons. The number of amides is 1. The molecule has 1 aromatic carbocycles. The fourth-order valence-electron chi connectivity index (χ4n) is 3.45. The highest BCUT2D eigenvalue weighted by Gasteiger charge is 2.27. The van der Waals surface area contributed by atoms with Crippen LogP contribution in [-0.4, -0.2) is 54.0 Å². The van der Waals surface area contributed by atoms with E-state index in [0.717, 1.165) is 24.6 Å². The number of ether oxygens (including phenoxy) is 2. The molecule has 0 radical (unpaired) electrons. The van der Waals surface area contributed by atoms with Gasteiger partial charge in [-0.2, -0.15) is 5.10 Å². The van der Waals surface area contributed by atoms with Gasteiger partial charge in [-0.1, -0.05) is 0 Å². The zero-order chi connectivity index (χ0) is 17.5. The molecule has 0 spiro atoms. The molecule has 0 bridgehead atoms. The van der Waals surface area contributed by atoms with Gasteiger partial charge < -0.3 is 19.3 Å². The third kappa shape index (κ3) is 2.83. The van der Waals surface area contributed by atoms with E-state index < -0.39 is 0 Å². The molecule has 0 unspecified atom stereocenters. The maximum atomic E-state index is 12.8. The summed E-state index contributed by atoms with van der Waals surface area (Å²) in [6.07, 6.45) is 2.46. The smallest absolute Gasteiger partial charge is 0.254 e. The molecule has 2 fully saturated rings. The molecule has 3 aliphatic rings. The van der Waals surface area contributed by atoms with Crippen molar-refractivity contribution in [1.82, 2.24) is 15.1 Å². The lowest BCUT2D eigenvalue weighted by molar-refractivity contribution is 0.0746. The number of aromatic nitrogens is 2. The summed E-state index contributed by atoms with van der Waals surface area (Å²) < 4.78 is 10.7. The fourth-order valence-corrected chi connectivity index (χ4v) is 3.45. The number of anilines is 1. The van der Waals surface area contributed by atoms with Crippen molar-refractivity contribution in [2.24, 2.45) is 0 Å². The molecule has 26 heavy (non-hydrogen) atoms. The van der Waals surface area contributed by atoms with Crippen molar-refractivity contribution < 1.29 is 14.3 Å². The summed E-state index contributed by atoms with van der Waals surface area (Å²) >= 11 is 0. The van der Waals surface area contributed by atoms with Crippen LogP contribution in [0.5, 0.6) is 11.5 Å². The first-order valence-electron chi connectivity index (χ1n) is 9.05. The second-order valence-corrected chi connectivity index (χ2v) is 6.94. The van der Waals surface area contributed by atoms with Gasteiger partial charge in [0.1, 0.15) is 0 Å². The summed E-state index contributed by atoms with van der Waals surface area (Å²) in [5.74, 6) is 2.87. The van der Waals surface area contributed by atoms with Gasteiger partial charge in [0.2, 0.25) is 6.79 Å². The van der Waals surface area contributed by atoms with Crippen molar-refractivity contribution in [3.05, 3.63) is 41.6 Å². The molecule has 1 saturated heterocycles. The normalized spacial score (nSPS) is 18.9. The maximum Gasteiger partial charge on any atom is 0.254 e. The predicted octanol–water partition coefficient (Wildman–Crippen LogP) is 2.05. The van der Waals surface area contributed by atoms with Crippen molar-refractivity contribution in [2.75, 3.05) is 37.9 Å². The van der Waals surface area contributed by atoms with E-state index >= 15 is 0 Å². The van der Waals surface area contributed by atoms with Crippen LogP contribution >= 0.6 is 0 Å². The lowest BCUT2D eigenvalue weighted by atomic mass is 10.1. The van der Waals surface area contributed by atoms with Gasteiger partial charge in [-0.05, 0) is 43.2 Å². The summed E-state index contributed by atoms with van der Waals surface area (Å²) in [6, 6.07) is 9.49. The number of benzene rings is 1. The average Bonchev–Trinajstić information content (AvgIpc) is 3.45. The Kier molecular flexibility index (Phi) is 3.65. The Hall–Kier alpha value is -2.83. The highest BCUT2D eigenvalue weighted by molar-refractivity contribution is 5.95. The highest BCUT2D eigenvalue weighted by Crippen LogP contribution is 2.38. The van der Waals surface area contributed by atoms with Crippen LogP contribution in [0.3, 0.4) is 0 Å². The highest BCUT2D eigenvalue weighted by atomic mass is 16.7. The third-order valence-electron chi connectivity index (χ3n) is 5.18. The van der Waals surface area contributed by atoms with E-state index in [1.807, 2.05) is 4.90 Å². The Balaban J connectivity index is 1.23. The summed E-state index contributed by atoms with van der Waals surface area (Å²) in [4.78, 5) is 16.8. The predicted molar refractivity (Wildman–Crippen MR) is 94.7 cm³/mol. The topological polar surface area (TPSA) is 67.8 Å². The van der Waals surface area contributed by atoms with E-state index in [1.165, 1.54) is 12.8 Å². The van der Waals surface area contributed by atoms with Crippen molar-refractivity contribution in [1.29, 1.82) is 0 Å². The maximum absolute atomic E-state index is 12.8. The van der Waals surface area contributed by atoms with E-state index in [9.17, 15) is 4.79 Å². The minimum atomic E-state index is 0.0260. The van der Waals surface area contributed by atoms with Gasteiger partial charge >= 0.3 is 0 Å². The van der Waals surface area contributed by atoms with Gasteiger partial charge in [-0.25, -0.2) is 0 Å². The van der Waals surface area contributed by atoms with Crippen LogP contribution in [0.25, 0.3) is 0 Å². The summed E-state index contributed by atoms with van der Waals surface area (Å²) in [6.45, 7) is 3.06. The second-order valence-electron chi connectivity index (χ2n) is 6.94. The average molecular weight is 352 g/mol. The molecule has 7 heteroatoms. The van der Waals surface area contributed by atoms with Gasteiger partial charge in [0, 0.05) is 37.7 Å². The minimum Gasteiger partial charge on any atom is -0.454 e. The van der Waals surface area contributed by atoms with Crippen LogP contribution in [0.1, 0.15) is 34.8 Å². The zero-order valence-electron chi connectivity index (χ0n) is 14.4. The van der Waals surface area contributed by atoms with E-state index in [4.69, 9.17) is 9.47 Å². The van der Waals surface area contributed by atoms with Crippen LogP contribution in [0.2, 0.25) is 0 Å². The molecule has 1 saturated carbocycles. The SMILES string of the molecule is O=C(c1ccc2c(c1)OCO2)N1CCN(c2ccc(C3CC3)nn2)CC1. The van der Waals surface area contributed by atoms with E-state index in [0.29, 0.717) is 36.1 Å². The Labute approximate surface area is 151 Å². The lowest BCUT2D eigenvalue weighted by Crippen LogP contribution is -2.49. The third-order valence-corrected chi connectivity index (χ3v) is 5.18. The number of hydrogen-bond acceptors (Lipinski definition) is 6.